The number of hydrogen-bond donors (Lipinski definition) is 0. The molecule has 0 bridgehead atoms. The fourth-order valence-electron chi connectivity index (χ4n) is 3.21. The third kappa shape index (κ3) is 3.34. The Bertz CT molecular complexity index is 896. The maximum absolute atomic E-state index is 12.7. The number of carbonyl (C=O) groups is 1. The maximum atomic E-state index is 12.7. The van der Waals surface area contributed by atoms with E-state index < -0.39 is 10.0 Å². The van der Waals surface area contributed by atoms with Crippen molar-refractivity contribution in [2.75, 3.05) is 24.5 Å². The monoisotopic (exact) mass is 374 g/mol. The standard InChI is InChI=1S/C18H22N4O3S/c1-3-21(4-2)26(24,25)15-7-8-17-14(12-15)6-5-11-22(17)18(23)16-13-19-9-10-20-16/h7-10,12-13H,3-6,11H2,1-2H3. The number of fused-ring (bicyclic) bond motifs is 1. The van der Waals surface area contributed by atoms with Crippen LogP contribution in [0.25, 0.3) is 0 Å². The number of nitrogens with zero attached hydrogens (tertiary/aromatic N) is 4. The van der Waals surface area contributed by atoms with E-state index in [0.29, 0.717) is 19.6 Å². The lowest BCUT2D eigenvalue weighted by atomic mass is 10.0. The molecule has 26 heavy (non-hydrogen) atoms. The quantitative estimate of drug-likeness (QED) is 0.800. The van der Waals surface area contributed by atoms with Gasteiger partial charge in [0.05, 0.1) is 11.1 Å². The van der Waals surface area contributed by atoms with Crippen LogP contribution in [0, 0.1) is 0 Å². The van der Waals surface area contributed by atoms with Crippen LogP contribution in [0.5, 0.6) is 0 Å². The van der Waals surface area contributed by atoms with Crippen LogP contribution in [-0.4, -0.2) is 48.2 Å². The Hall–Kier alpha value is -2.32. The molecule has 1 aliphatic rings. The molecule has 0 saturated heterocycles. The van der Waals surface area contributed by atoms with Gasteiger partial charge in [0, 0.05) is 37.7 Å². The second-order valence-electron chi connectivity index (χ2n) is 6.03. The van der Waals surface area contributed by atoms with E-state index in [-0.39, 0.29) is 16.5 Å². The van der Waals surface area contributed by atoms with Gasteiger partial charge in [0.2, 0.25) is 10.0 Å². The van der Waals surface area contributed by atoms with Gasteiger partial charge >= 0.3 is 0 Å². The van der Waals surface area contributed by atoms with Gasteiger partial charge < -0.3 is 4.90 Å². The summed E-state index contributed by atoms with van der Waals surface area (Å²) in [5.41, 5.74) is 1.88. The second kappa shape index (κ2) is 7.51. The Kier molecular flexibility index (Phi) is 5.33. The molecule has 3 rings (SSSR count). The molecule has 2 aromatic rings. The summed E-state index contributed by atoms with van der Waals surface area (Å²) in [4.78, 5) is 22.7. The van der Waals surface area contributed by atoms with Crippen molar-refractivity contribution < 1.29 is 13.2 Å². The van der Waals surface area contributed by atoms with Crippen molar-refractivity contribution in [3.8, 4) is 0 Å². The van der Waals surface area contributed by atoms with E-state index in [0.717, 1.165) is 24.1 Å². The van der Waals surface area contributed by atoms with Crippen LogP contribution in [0.3, 0.4) is 0 Å². The highest BCUT2D eigenvalue weighted by atomic mass is 32.2. The number of amides is 1. The molecule has 138 valence electrons. The molecular weight excluding hydrogens is 352 g/mol. The molecule has 7 nitrogen and oxygen atoms in total. The lowest BCUT2D eigenvalue weighted by Gasteiger charge is -2.30. The van der Waals surface area contributed by atoms with Crippen LogP contribution in [0.15, 0.2) is 41.7 Å². The minimum Gasteiger partial charge on any atom is -0.307 e. The fraction of sp³-hybridized carbons (Fsp3) is 0.389. The number of aromatic nitrogens is 2. The molecule has 0 fully saturated rings. The Balaban J connectivity index is 1.97. The van der Waals surface area contributed by atoms with Gasteiger partial charge in [-0.05, 0) is 36.6 Å². The van der Waals surface area contributed by atoms with Gasteiger partial charge in [-0.2, -0.15) is 4.31 Å². The molecule has 0 N–H and O–H groups in total. The summed E-state index contributed by atoms with van der Waals surface area (Å²) in [6.45, 7) is 5.06. The van der Waals surface area contributed by atoms with Crippen molar-refractivity contribution in [2.24, 2.45) is 0 Å². The molecule has 0 aliphatic carbocycles. The zero-order valence-electron chi connectivity index (χ0n) is 14.9. The molecule has 1 aromatic heterocycles. The predicted molar refractivity (Wildman–Crippen MR) is 98.6 cm³/mol. The summed E-state index contributed by atoms with van der Waals surface area (Å²) in [5, 5.41) is 0. The number of anilines is 1. The molecule has 1 amide bonds. The predicted octanol–water partition coefficient (Wildman–Crippen LogP) is 2.10. The zero-order valence-corrected chi connectivity index (χ0v) is 15.7. The van der Waals surface area contributed by atoms with Crippen molar-refractivity contribution in [1.82, 2.24) is 14.3 Å². The average Bonchev–Trinajstić information content (AvgIpc) is 2.68. The lowest BCUT2D eigenvalue weighted by Crippen LogP contribution is -2.36. The molecule has 1 aliphatic heterocycles. The smallest absolute Gasteiger partial charge is 0.278 e. The van der Waals surface area contributed by atoms with Crippen molar-refractivity contribution in [3.63, 3.8) is 0 Å². The van der Waals surface area contributed by atoms with Crippen LogP contribution >= 0.6 is 0 Å². The number of rotatable bonds is 5. The molecule has 0 radical (unpaired) electrons. The summed E-state index contributed by atoms with van der Waals surface area (Å²) in [5.74, 6) is -0.224. The van der Waals surface area contributed by atoms with Crippen LogP contribution < -0.4 is 4.90 Å². The highest BCUT2D eigenvalue weighted by Crippen LogP contribution is 2.31. The van der Waals surface area contributed by atoms with E-state index in [1.165, 1.54) is 22.9 Å². The van der Waals surface area contributed by atoms with Crippen molar-refractivity contribution in [2.45, 2.75) is 31.6 Å². The highest BCUT2D eigenvalue weighted by Gasteiger charge is 2.28. The number of carbonyl (C=O) groups excluding carboxylic acids is 1. The first kappa shape index (κ1) is 18.5. The van der Waals surface area contributed by atoms with Gasteiger partial charge in [-0.25, -0.2) is 13.4 Å². The molecule has 8 heteroatoms. The van der Waals surface area contributed by atoms with E-state index >= 15 is 0 Å². The fourth-order valence-corrected chi connectivity index (χ4v) is 4.71. The first-order chi connectivity index (χ1) is 12.5. The van der Waals surface area contributed by atoms with E-state index in [4.69, 9.17) is 0 Å². The van der Waals surface area contributed by atoms with Gasteiger partial charge in [0.15, 0.2) is 0 Å². The van der Waals surface area contributed by atoms with Gasteiger partial charge in [0.1, 0.15) is 5.69 Å². The summed E-state index contributed by atoms with van der Waals surface area (Å²) in [6.07, 6.45) is 5.95. The molecule has 0 saturated carbocycles. The topological polar surface area (TPSA) is 83.5 Å². The van der Waals surface area contributed by atoms with Gasteiger partial charge in [-0.1, -0.05) is 13.8 Å². The maximum Gasteiger partial charge on any atom is 0.278 e. The summed E-state index contributed by atoms with van der Waals surface area (Å²) in [6, 6.07) is 4.99. The largest absolute Gasteiger partial charge is 0.307 e. The van der Waals surface area contributed by atoms with Crippen molar-refractivity contribution in [3.05, 3.63) is 48.0 Å². The normalized spacial score (nSPS) is 14.3. The van der Waals surface area contributed by atoms with Crippen molar-refractivity contribution in [1.29, 1.82) is 0 Å². The van der Waals surface area contributed by atoms with E-state index in [1.54, 1.807) is 23.1 Å². The first-order valence-corrected chi connectivity index (χ1v) is 10.1. The van der Waals surface area contributed by atoms with Gasteiger partial charge in [0.25, 0.3) is 5.91 Å². The molecular formula is C18H22N4O3S. The van der Waals surface area contributed by atoms with E-state index in [9.17, 15) is 13.2 Å². The SMILES string of the molecule is CCN(CC)S(=O)(=O)c1ccc2c(c1)CCCN2C(=O)c1cnccn1. The number of sulfonamides is 1. The Morgan fingerprint density at radius 3 is 2.65 bits per heavy atom. The van der Waals surface area contributed by atoms with Gasteiger partial charge in [-0.15, -0.1) is 0 Å². The zero-order chi connectivity index (χ0) is 18.7. The summed E-state index contributed by atoms with van der Waals surface area (Å²) >= 11 is 0. The first-order valence-electron chi connectivity index (χ1n) is 8.70. The molecule has 2 heterocycles. The highest BCUT2D eigenvalue weighted by molar-refractivity contribution is 7.89. The van der Waals surface area contributed by atoms with Gasteiger partial charge in [-0.3, -0.25) is 9.78 Å². The number of hydrogen-bond acceptors (Lipinski definition) is 5. The Morgan fingerprint density at radius 1 is 1.23 bits per heavy atom. The third-order valence-corrected chi connectivity index (χ3v) is 6.59. The molecule has 0 atom stereocenters. The lowest BCUT2D eigenvalue weighted by molar-refractivity contribution is 0.0980. The minimum absolute atomic E-state index is 0.224. The minimum atomic E-state index is -3.52. The van der Waals surface area contributed by atoms with Crippen molar-refractivity contribution >= 4 is 21.6 Å². The van der Waals surface area contributed by atoms with E-state index in [1.807, 2.05) is 13.8 Å². The number of aryl methyl sites for hydroxylation is 1. The molecule has 0 spiro atoms. The Labute approximate surface area is 153 Å². The van der Waals surface area contributed by atoms with Crippen LogP contribution in [-0.2, 0) is 16.4 Å². The van der Waals surface area contributed by atoms with E-state index in [2.05, 4.69) is 9.97 Å². The summed E-state index contributed by atoms with van der Waals surface area (Å²) < 4.78 is 26.9. The average molecular weight is 374 g/mol. The van der Waals surface area contributed by atoms with Crippen LogP contribution in [0.2, 0.25) is 0 Å². The molecule has 0 unspecified atom stereocenters. The summed E-state index contributed by atoms with van der Waals surface area (Å²) in [7, 11) is -3.52. The third-order valence-electron chi connectivity index (χ3n) is 4.54. The van der Waals surface area contributed by atoms with Crippen LogP contribution in [0.4, 0.5) is 5.69 Å². The Morgan fingerprint density at radius 2 is 2.00 bits per heavy atom. The molecule has 1 aromatic carbocycles. The van der Waals surface area contributed by atoms with Crippen LogP contribution in [0.1, 0.15) is 36.3 Å². The number of benzene rings is 1. The second-order valence-corrected chi connectivity index (χ2v) is 7.97.